The lowest BCUT2D eigenvalue weighted by atomic mass is 10.2. The number of hydrogen-bond donors (Lipinski definition) is 0. The van der Waals surface area contributed by atoms with Crippen molar-refractivity contribution in [2.45, 2.75) is 20.8 Å². The van der Waals surface area contributed by atoms with Crippen LogP contribution in [-0.2, 0) is 0 Å². The number of rotatable bonds is 0. The Bertz CT molecular complexity index is 171. The summed E-state index contributed by atoms with van der Waals surface area (Å²) in [6.45, 7) is 6.09. The van der Waals surface area contributed by atoms with Crippen LogP contribution >= 0.6 is 13.5 Å². The Morgan fingerprint density at radius 2 is 1.78 bits per heavy atom. The highest BCUT2D eigenvalue weighted by Crippen LogP contribution is 2.12. The second-order valence-corrected chi connectivity index (χ2v) is 2.10. The summed E-state index contributed by atoms with van der Waals surface area (Å²) in [4.78, 5) is 0. The molecule has 0 aliphatic carbocycles. The maximum Gasteiger partial charge on any atom is 0.103 e. The lowest BCUT2D eigenvalue weighted by Crippen LogP contribution is -1.71. The maximum absolute atomic E-state index is 5.09. The summed E-state index contributed by atoms with van der Waals surface area (Å²) in [7, 11) is 0. The fraction of sp³-hybridized carbons (Fsp3) is 0.429. The molecular formula is C7H12OS. The molecule has 0 saturated heterocycles. The van der Waals surface area contributed by atoms with Gasteiger partial charge in [-0.25, -0.2) is 0 Å². The highest BCUT2D eigenvalue weighted by molar-refractivity contribution is 7.59. The lowest BCUT2D eigenvalue weighted by molar-refractivity contribution is 0.530. The first-order valence-corrected chi connectivity index (χ1v) is 2.73. The first-order chi connectivity index (χ1) is 3.72. The van der Waals surface area contributed by atoms with Crippen LogP contribution < -0.4 is 0 Å². The summed E-state index contributed by atoms with van der Waals surface area (Å²) in [5.41, 5.74) is 2.51. The standard InChI is InChI=1S/C7H10O.H2S/c1-5-4-8-7(3)6(5)2;/h4H,1-3H3;1H2. The molecule has 0 spiro atoms. The average Bonchev–Trinajstić information content (AvgIpc) is 1.98. The summed E-state index contributed by atoms with van der Waals surface area (Å²) >= 11 is 0. The van der Waals surface area contributed by atoms with E-state index in [1.807, 2.05) is 13.8 Å². The van der Waals surface area contributed by atoms with Gasteiger partial charge in [-0.1, -0.05) is 0 Å². The van der Waals surface area contributed by atoms with E-state index in [0.717, 1.165) is 5.76 Å². The molecule has 2 heteroatoms. The smallest absolute Gasteiger partial charge is 0.103 e. The second kappa shape index (κ2) is 2.97. The van der Waals surface area contributed by atoms with E-state index < -0.39 is 0 Å². The Kier molecular flexibility index (Phi) is 2.85. The van der Waals surface area contributed by atoms with Crippen LogP contribution in [0.2, 0.25) is 0 Å². The van der Waals surface area contributed by atoms with Gasteiger partial charge in [0.25, 0.3) is 0 Å². The van der Waals surface area contributed by atoms with Crippen LogP contribution in [-0.4, -0.2) is 0 Å². The molecule has 0 bridgehead atoms. The van der Waals surface area contributed by atoms with Crippen molar-refractivity contribution in [3.05, 3.63) is 23.2 Å². The molecule has 0 fully saturated rings. The van der Waals surface area contributed by atoms with Gasteiger partial charge in [0.15, 0.2) is 0 Å². The molecule has 1 aromatic heterocycles. The zero-order valence-corrected chi connectivity index (χ0v) is 6.99. The minimum absolute atomic E-state index is 0. The lowest BCUT2D eigenvalue weighted by Gasteiger charge is -1.83. The van der Waals surface area contributed by atoms with Crippen molar-refractivity contribution >= 4 is 13.5 Å². The Balaban J connectivity index is 0.000000640. The van der Waals surface area contributed by atoms with Gasteiger partial charge in [-0.2, -0.15) is 13.5 Å². The summed E-state index contributed by atoms with van der Waals surface area (Å²) in [6.07, 6.45) is 1.78. The molecule has 0 aliphatic heterocycles. The van der Waals surface area contributed by atoms with E-state index in [1.54, 1.807) is 6.26 Å². The molecule has 0 aromatic carbocycles. The van der Waals surface area contributed by atoms with Crippen LogP contribution in [0.3, 0.4) is 0 Å². The molecule has 0 saturated carbocycles. The van der Waals surface area contributed by atoms with Gasteiger partial charge >= 0.3 is 0 Å². The quantitative estimate of drug-likeness (QED) is 0.544. The van der Waals surface area contributed by atoms with E-state index in [0.29, 0.717) is 0 Å². The van der Waals surface area contributed by atoms with Gasteiger partial charge in [0.2, 0.25) is 0 Å². The van der Waals surface area contributed by atoms with Crippen molar-refractivity contribution in [3.63, 3.8) is 0 Å². The topological polar surface area (TPSA) is 13.1 Å². The number of furan rings is 1. The van der Waals surface area contributed by atoms with E-state index in [2.05, 4.69) is 6.92 Å². The van der Waals surface area contributed by atoms with E-state index in [4.69, 9.17) is 4.42 Å². The fourth-order valence-electron chi connectivity index (χ4n) is 0.631. The minimum atomic E-state index is 0. The molecule has 1 heterocycles. The SMILES string of the molecule is Cc1coc(C)c1C.S. The Morgan fingerprint density at radius 3 is 1.89 bits per heavy atom. The van der Waals surface area contributed by atoms with Gasteiger partial charge in [-0.3, -0.25) is 0 Å². The Morgan fingerprint density at radius 1 is 1.22 bits per heavy atom. The van der Waals surface area contributed by atoms with Crippen molar-refractivity contribution in [1.29, 1.82) is 0 Å². The van der Waals surface area contributed by atoms with Gasteiger partial charge in [0.05, 0.1) is 6.26 Å². The highest BCUT2D eigenvalue weighted by Gasteiger charge is 1.97. The van der Waals surface area contributed by atoms with Crippen LogP contribution in [0.25, 0.3) is 0 Å². The molecule has 9 heavy (non-hydrogen) atoms. The van der Waals surface area contributed by atoms with Crippen LogP contribution in [0.4, 0.5) is 0 Å². The van der Waals surface area contributed by atoms with E-state index in [9.17, 15) is 0 Å². The zero-order chi connectivity index (χ0) is 6.15. The Labute approximate surface area is 62.5 Å². The summed E-state index contributed by atoms with van der Waals surface area (Å²) in [5, 5.41) is 0. The fourth-order valence-corrected chi connectivity index (χ4v) is 0.631. The van der Waals surface area contributed by atoms with Gasteiger partial charge in [0, 0.05) is 0 Å². The van der Waals surface area contributed by atoms with Crippen LogP contribution in [0.15, 0.2) is 10.7 Å². The summed E-state index contributed by atoms with van der Waals surface area (Å²) < 4.78 is 5.09. The predicted molar refractivity (Wildman–Crippen MR) is 43.3 cm³/mol. The largest absolute Gasteiger partial charge is 0.469 e. The van der Waals surface area contributed by atoms with E-state index >= 15 is 0 Å². The van der Waals surface area contributed by atoms with Gasteiger partial charge in [0.1, 0.15) is 5.76 Å². The molecule has 0 aliphatic rings. The van der Waals surface area contributed by atoms with Gasteiger partial charge in [-0.15, -0.1) is 0 Å². The first-order valence-electron chi connectivity index (χ1n) is 2.73. The molecule has 0 N–H and O–H groups in total. The average molecular weight is 144 g/mol. The van der Waals surface area contributed by atoms with Crippen molar-refractivity contribution in [2.75, 3.05) is 0 Å². The normalized spacial score (nSPS) is 8.78. The van der Waals surface area contributed by atoms with Crippen molar-refractivity contribution < 1.29 is 4.42 Å². The van der Waals surface area contributed by atoms with Crippen LogP contribution in [0.5, 0.6) is 0 Å². The molecule has 0 radical (unpaired) electrons. The molecule has 1 aromatic rings. The van der Waals surface area contributed by atoms with Crippen LogP contribution in [0, 0.1) is 20.8 Å². The first kappa shape index (κ1) is 8.63. The third kappa shape index (κ3) is 1.52. The monoisotopic (exact) mass is 144 g/mol. The number of aryl methyl sites for hydroxylation is 2. The minimum Gasteiger partial charge on any atom is -0.469 e. The third-order valence-corrected chi connectivity index (χ3v) is 1.53. The molecular weight excluding hydrogens is 132 g/mol. The van der Waals surface area contributed by atoms with Gasteiger partial charge < -0.3 is 4.42 Å². The van der Waals surface area contributed by atoms with Crippen molar-refractivity contribution in [2.24, 2.45) is 0 Å². The molecule has 0 atom stereocenters. The highest BCUT2D eigenvalue weighted by atomic mass is 32.1. The van der Waals surface area contributed by atoms with E-state index in [1.165, 1.54) is 11.1 Å². The number of hydrogen-bond acceptors (Lipinski definition) is 1. The molecule has 52 valence electrons. The summed E-state index contributed by atoms with van der Waals surface area (Å²) in [6, 6.07) is 0. The molecule has 0 unspecified atom stereocenters. The predicted octanol–water partition coefficient (Wildman–Crippen LogP) is 2.32. The molecule has 0 amide bonds. The molecule has 1 nitrogen and oxygen atoms in total. The van der Waals surface area contributed by atoms with Crippen LogP contribution in [0.1, 0.15) is 16.9 Å². The van der Waals surface area contributed by atoms with Gasteiger partial charge in [-0.05, 0) is 31.9 Å². The van der Waals surface area contributed by atoms with E-state index in [-0.39, 0.29) is 13.5 Å². The summed E-state index contributed by atoms with van der Waals surface area (Å²) in [5.74, 6) is 1.03. The zero-order valence-electron chi connectivity index (χ0n) is 5.99. The third-order valence-electron chi connectivity index (χ3n) is 1.53. The molecule has 1 rings (SSSR count). The van der Waals surface area contributed by atoms with Crippen molar-refractivity contribution in [1.82, 2.24) is 0 Å². The maximum atomic E-state index is 5.09. The second-order valence-electron chi connectivity index (χ2n) is 2.10. The van der Waals surface area contributed by atoms with Crippen molar-refractivity contribution in [3.8, 4) is 0 Å². The Hall–Kier alpha value is -0.370.